The van der Waals surface area contributed by atoms with E-state index in [0.29, 0.717) is 39.6 Å². The topological polar surface area (TPSA) is 91.3 Å². The molecule has 198 valence electrons. The molecule has 3 aliphatic rings. The number of hydrogen-bond acceptors (Lipinski definition) is 7. The van der Waals surface area contributed by atoms with Crippen molar-refractivity contribution in [1.82, 2.24) is 0 Å². The summed E-state index contributed by atoms with van der Waals surface area (Å²) in [5.74, 6) is 1.05. The molecule has 1 atom stereocenters. The number of hydrogen-bond donors (Lipinski definition) is 1. The third kappa shape index (κ3) is 4.52. The average Bonchev–Trinajstić information content (AvgIpc) is 3.35. The molecule has 0 radical (unpaired) electrons. The van der Waals surface area contributed by atoms with E-state index in [4.69, 9.17) is 18.9 Å². The summed E-state index contributed by atoms with van der Waals surface area (Å²) < 4.78 is 24.3. The van der Waals surface area contributed by atoms with E-state index in [2.05, 4.69) is 15.9 Å². The number of halogens is 1. The molecule has 0 spiro atoms. The molecule has 0 saturated heterocycles. The summed E-state index contributed by atoms with van der Waals surface area (Å²) in [5.41, 5.74) is 0.641. The van der Waals surface area contributed by atoms with Gasteiger partial charge in [0, 0.05) is 15.6 Å². The Kier molecular flexibility index (Phi) is 7.00. The molecule has 2 aliphatic carbocycles. The highest BCUT2D eigenvalue weighted by Gasteiger charge is 2.57. The Morgan fingerprint density at radius 3 is 2.49 bits per heavy atom. The maximum absolute atomic E-state index is 13.5. The van der Waals surface area contributed by atoms with Gasteiger partial charge in [0.2, 0.25) is 0 Å². The number of carbonyl (C=O) groups excluding carboxylic acids is 2. The van der Waals surface area contributed by atoms with E-state index >= 15 is 0 Å². The van der Waals surface area contributed by atoms with Crippen LogP contribution in [0.5, 0.6) is 23.0 Å². The van der Waals surface area contributed by atoms with Gasteiger partial charge in [0.15, 0.2) is 11.5 Å². The quantitative estimate of drug-likeness (QED) is 0.303. The number of ether oxygens (including phenoxy) is 4. The summed E-state index contributed by atoms with van der Waals surface area (Å²) in [6.45, 7) is 5.97. The van der Waals surface area contributed by atoms with E-state index in [9.17, 15) is 14.7 Å². The van der Waals surface area contributed by atoms with Crippen LogP contribution in [0.2, 0.25) is 0 Å². The minimum Gasteiger partial charge on any atom is -0.495 e. The van der Waals surface area contributed by atoms with Crippen LogP contribution in [0.3, 0.4) is 0 Å². The number of aliphatic hydroxyl groups is 1. The first-order chi connectivity index (χ1) is 17.6. The molecule has 1 N–H and O–H groups in total. The maximum atomic E-state index is 13.5. The predicted octanol–water partition coefficient (Wildman–Crippen LogP) is 6.73. The molecule has 2 bridgehead atoms. The molecule has 2 fully saturated rings. The average molecular weight is 573 g/mol. The molecule has 1 unspecified atom stereocenters. The fourth-order valence-corrected chi connectivity index (χ4v) is 6.82. The number of methoxy groups -OCH3 is 1. The number of fused-ring (bicyclic) bond motifs is 4. The van der Waals surface area contributed by atoms with Gasteiger partial charge in [0.05, 0.1) is 18.6 Å². The van der Waals surface area contributed by atoms with E-state index < -0.39 is 17.5 Å². The van der Waals surface area contributed by atoms with Crippen LogP contribution in [0.25, 0.3) is 0 Å². The van der Waals surface area contributed by atoms with Crippen molar-refractivity contribution < 1.29 is 33.6 Å². The lowest BCUT2D eigenvalue weighted by atomic mass is 9.80. The zero-order valence-corrected chi connectivity index (χ0v) is 23.2. The van der Waals surface area contributed by atoms with E-state index in [-0.39, 0.29) is 41.3 Å². The largest absolute Gasteiger partial charge is 0.495 e. The third-order valence-corrected chi connectivity index (χ3v) is 8.80. The molecule has 2 aromatic carbocycles. The second-order valence-corrected chi connectivity index (χ2v) is 11.9. The molecule has 0 aromatic heterocycles. The van der Waals surface area contributed by atoms with Crippen molar-refractivity contribution >= 4 is 27.9 Å². The molecule has 37 heavy (non-hydrogen) atoms. The highest BCUT2D eigenvalue weighted by Crippen LogP contribution is 2.58. The SMILES string of the molecule is COc1c(C(O)CC(C)C)ccc2c1C(=O)OCc1cc(Br)cc(OC(=O)C3(C)C4CCC3CC4)c1O2. The van der Waals surface area contributed by atoms with Gasteiger partial charge < -0.3 is 24.1 Å². The van der Waals surface area contributed by atoms with Crippen molar-refractivity contribution in [3.05, 3.63) is 45.4 Å². The van der Waals surface area contributed by atoms with Gasteiger partial charge in [0.25, 0.3) is 0 Å². The number of esters is 2. The summed E-state index contributed by atoms with van der Waals surface area (Å²) in [6.07, 6.45) is 3.90. The van der Waals surface area contributed by atoms with E-state index in [1.807, 2.05) is 20.8 Å². The van der Waals surface area contributed by atoms with Gasteiger partial charge in [-0.05, 0) is 81.0 Å². The Bertz CT molecular complexity index is 1220. The zero-order valence-electron chi connectivity index (χ0n) is 21.6. The van der Waals surface area contributed by atoms with Crippen molar-refractivity contribution in [3.8, 4) is 23.0 Å². The van der Waals surface area contributed by atoms with Crippen molar-refractivity contribution in [2.75, 3.05) is 7.11 Å². The molecule has 2 saturated carbocycles. The van der Waals surface area contributed by atoms with Crippen LogP contribution < -0.4 is 14.2 Å². The first-order valence-electron chi connectivity index (χ1n) is 12.9. The smallest absolute Gasteiger partial charge is 0.346 e. The van der Waals surface area contributed by atoms with Crippen LogP contribution in [0, 0.1) is 23.2 Å². The minimum absolute atomic E-state index is 0.0813. The fraction of sp³-hybridized carbons (Fsp3) is 0.517. The molecule has 0 amide bonds. The Hall–Kier alpha value is -2.58. The highest BCUT2D eigenvalue weighted by atomic mass is 79.9. The molecule has 8 heteroatoms. The van der Waals surface area contributed by atoms with Crippen LogP contribution >= 0.6 is 15.9 Å². The van der Waals surface area contributed by atoms with E-state index in [1.54, 1.807) is 24.3 Å². The summed E-state index contributed by atoms with van der Waals surface area (Å²) >= 11 is 3.49. The van der Waals surface area contributed by atoms with Crippen LogP contribution in [-0.2, 0) is 16.1 Å². The van der Waals surface area contributed by atoms with Gasteiger partial charge in [-0.1, -0.05) is 29.8 Å². The standard InChI is InChI=1S/C29H33BrO7/c1-15(2)11-21(31)20-9-10-22-24(26(20)34-4)27(32)35-14-16-12-19(30)13-23(25(16)36-22)37-28(33)29(3)17-5-6-18(29)8-7-17/h9-10,12-13,15,17-18,21,31H,5-8,11,14H2,1-4H3. The summed E-state index contributed by atoms with van der Waals surface area (Å²) in [7, 11) is 1.45. The summed E-state index contributed by atoms with van der Waals surface area (Å²) in [6, 6.07) is 6.81. The second kappa shape index (κ2) is 9.95. The number of benzene rings is 2. The Balaban J connectivity index is 1.54. The lowest BCUT2D eigenvalue weighted by Crippen LogP contribution is -2.36. The number of carbonyl (C=O) groups is 2. The van der Waals surface area contributed by atoms with Crippen LogP contribution in [-0.4, -0.2) is 24.2 Å². The predicted molar refractivity (Wildman–Crippen MR) is 140 cm³/mol. The van der Waals surface area contributed by atoms with Gasteiger partial charge in [-0.25, -0.2) is 4.79 Å². The molecular formula is C29H33BrO7. The molecular weight excluding hydrogens is 540 g/mol. The normalized spacial score (nSPS) is 24.9. The number of cyclic esters (lactones) is 1. The first kappa shape index (κ1) is 26.0. The third-order valence-electron chi connectivity index (χ3n) is 8.34. The fourth-order valence-electron chi connectivity index (χ4n) is 6.33. The van der Waals surface area contributed by atoms with E-state index in [1.165, 1.54) is 7.11 Å². The number of aliphatic hydroxyl groups excluding tert-OH is 1. The molecule has 1 heterocycles. The molecule has 2 aromatic rings. The van der Waals surface area contributed by atoms with E-state index in [0.717, 1.165) is 25.7 Å². The monoisotopic (exact) mass is 572 g/mol. The van der Waals surface area contributed by atoms with Crippen LogP contribution in [0.1, 0.15) is 80.5 Å². The zero-order chi connectivity index (χ0) is 26.5. The maximum Gasteiger partial charge on any atom is 0.346 e. The Morgan fingerprint density at radius 1 is 1.19 bits per heavy atom. The molecule has 5 rings (SSSR count). The Labute approximate surface area is 225 Å². The van der Waals surface area contributed by atoms with Crippen molar-refractivity contribution in [3.63, 3.8) is 0 Å². The summed E-state index contributed by atoms with van der Waals surface area (Å²) in [4.78, 5) is 26.7. The lowest BCUT2D eigenvalue weighted by molar-refractivity contribution is -0.147. The van der Waals surface area contributed by atoms with Crippen molar-refractivity contribution in [2.45, 2.75) is 65.6 Å². The number of rotatable bonds is 6. The van der Waals surface area contributed by atoms with Crippen LogP contribution in [0.4, 0.5) is 0 Å². The van der Waals surface area contributed by atoms with Gasteiger partial charge >= 0.3 is 11.9 Å². The summed E-state index contributed by atoms with van der Waals surface area (Å²) in [5, 5.41) is 10.8. The first-order valence-corrected chi connectivity index (χ1v) is 13.7. The van der Waals surface area contributed by atoms with Crippen molar-refractivity contribution in [1.29, 1.82) is 0 Å². The Morgan fingerprint density at radius 2 is 1.86 bits per heavy atom. The highest BCUT2D eigenvalue weighted by molar-refractivity contribution is 9.10. The van der Waals surface area contributed by atoms with Gasteiger partial charge in [0.1, 0.15) is 23.7 Å². The lowest BCUT2D eigenvalue weighted by Gasteiger charge is -2.28. The van der Waals surface area contributed by atoms with Crippen molar-refractivity contribution in [2.24, 2.45) is 23.2 Å². The van der Waals surface area contributed by atoms with Gasteiger partial charge in [-0.15, -0.1) is 0 Å². The molecule has 7 nitrogen and oxygen atoms in total. The molecule has 1 aliphatic heterocycles. The minimum atomic E-state index is -0.819. The second-order valence-electron chi connectivity index (χ2n) is 11.0. The van der Waals surface area contributed by atoms with Crippen LogP contribution in [0.15, 0.2) is 28.7 Å². The van der Waals surface area contributed by atoms with Gasteiger partial charge in [-0.2, -0.15) is 0 Å². The van der Waals surface area contributed by atoms with Gasteiger partial charge in [-0.3, -0.25) is 4.79 Å².